The molecule has 0 aromatic heterocycles. The molecule has 0 radical (unpaired) electrons. The topological polar surface area (TPSA) is 12.0 Å². The van der Waals surface area contributed by atoms with E-state index in [9.17, 15) is 0 Å². The Hall–Kier alpha value is -0.470. The highest BCUT2D eigenvalue weighted by Crippen LogP contribution is 2.37. The fraction of sp³-hybridized carbons (Fsp3) is 0.625. The number of nitrogens with one attached hydrogen (secondary N) is 1. The average molecular weight is 263 g/mol. The van der Waals surface area contributed by atoms with Gasteiger partial charge in [-0.3, -0.25) is 0 Å². The third kappa shape index (κ3) is 3.52. The molecule has 1 aliphatic rings. The van der Waals surface area contributed by atoms with E-state index in [0.29, 0.717) is 10.8 Å². The lowest BCUT2D eigenvalue weighted by Crippen LogP contribution is -2.34. The first-order valence-electron chi connectivity index (χ1n) is 6.94. The Balaban J connectivity index is 1.96. The van der Waals surface area contributed by atoms with Crippen molar-refractivity contribution in [2.45, 2.75) is 51.3 Å². The van der Waals surface area contributed by atoms with Crippen LogP contribution in [-0.2, 0) is 0 Å². The van der Waals surface area contributed by atoms with Crippen LogP contribution in [0.15, 0.2) is 18.2 Å². The number of benzene rings is 1. The third-order valence-corrected chi connectivity index (χ3v) is 5.36. The van der Waals surface area contributed by atoms with Gasteiger partial charge in [0.25, 0.3) is 0 Å². The molecule has 1 nitrogen and oxygen atoms in total. The van der Waals surface area contributed by atoms with Crippen LogP contribution in [0.5, 0.6) is 0 Å². The predicted octanol–water partition coefficient (Wildman–Crippen LogP) is 4.24. The summed E-state index contributed by atoms with van der Waals surface area (Å²) >= 11 is 2.13. The lowest BCUT2D eigenvalue weighted by molar-refractivity contribution is 0.490. The highest BCUT2D eigenvalue weighted by molar-refractivity contribution is 8.00. The Morgan fingerprint density at radius 2 is 1.94 bits per heavy atom. The zero-order chi connectivity index (χ0) is 13.2. The average Bonchev–Trinajstić information content (AvgIpc) is 2.72. The first kappa shape index (κ1) is 14.0. The molecule has 2 rings (SSSR count). The molecular formula is C16H25NS. The summed E-state index contributed by atoms with van der Waals surface area (Å²) in [5.74, 6) is 1.33. The van der Waals surface area contributed by atoms with E-state index < -0.39 is 0 Å². The van der Waals surface area contributed by atoms with Gasteiger partial charge in [0.2, 0.25) is 0 Å². The zero-order valence-electron chi connectivity index (χ0n) is 12.0. The number of hydrogen-bond acceptors (Lipinski definition) is 2. The van der Waals surface area contributed by atoms with Crippen molar-refractivity contribution in [2.75, 3.05) is 12.3 Å². The van der Waals surface area contributed by atoms with Gasteiger partial charge in [-0.1, -0.05) is 29.3 Å². The molecule has 2 atom stereocenters. The van der Waals surface area contributed by atoms with Crippen LogP contribution in [0.3, 0.4) is 0 Å². The van der Waals surface area contributed by atoms with Crippen LogP contribution in [-0.4, -0.2) is 17.0 Å². The van der Waals surface area contributed by atoms with Gasteiger partial charge in [0.05, 0.1) is 0 Å². The van der Waals surface area contributed by atoms with Crippen molar-refractivity contribution in [1.29, 1.82) is 0 Å². The normalized spacial score (nSPS) is 25.3. The summed E-state index contributed by atoms with van der Waals surface area (Å²) in [6.45, 7) is 10.1. The monoisotopic (exact) mass is 263 g/mol. The van der Waals surface area contributed by atoms with Gasteiger partial charge in [0.1, 0.15) is 0 Å². The molecule has 0 amide bonds. The molecule has 18 heavy (non-hydrogen) atoms. The quantitative estimate of drug-likeness (QED) is 0.872. The van der Waals surface area contributed by atoms with Crippen LogP contribution in [0.4, 0.5) is 0 Å². The van der Waals surface area contributed by atoms with Crippen molar-refractivity contribution in [2.24, 2.45) is 0 Å². The second kappa shape index (κ2) is 5.66. The predicted molar refractivity (Wildman–Crippen MR) is 82.4 cm³/mol. The van der Waals surface area contributed by atoms with Gasteiger partial charge in [-0.05, 0) is 51.9 Å². The number of rotatable bonds is 4. The molecule has 0 aliphatic carbocycles. The number of thioether (sulfide) groups is 1. The van der Waals surface area contributed by atoms with Crippen LogP contribution < -0.4 is 5.32 Å². The van der Waals surface area contributed by atoms with Gasteiger partial charge in [0, 0.05) is 17.3 Å². The summed E-state index contributed by atoms with van der Waals surface area (Å²) < 4.78 is 0.452. The van der Waals surface area contributed by atoms with E-state index >= 15 is 0 Å². The third-order valence-electron chi connectivity index (χ3n) is 3.83. The maximum Gasteiger partial charge on any atom is 0.0292 e. The van der Waals surface area contributed by atoms with Gasteiger partial charge in [-0.15, -0.1) is 0 Å². The summed E-state index contributed by atoms with van der Waals surface area (Å²) in [5, 5.41) is 3.71. The first-order chi connectivity index (χ1) is 8.48. The van der Waals surface area contributed by atoms with Crippen molar-refractivity contribution in [3.05, 3.63) is 34.9 Å². The Bertz CT molecular complexity index is 387. The Morgan fingerprint density at radius 1 is 1.28 bits per heavy atom. The fourth-order valence-electron chi connectivity index (χ4n) is 2.72. The van der Waals surface area contributed by atoms with E-state index in [0.717, 1.165) is 6.54 Å². The van der Waals surface area contributed by atoms with Crippen molar-refractivity contribution in [3.8, 4) is 0 Å². The molecule has 2 heteroatoms. The molecule has 2 unspecified atom stereocenters. The van der Waals surface area contributed by atoms with E-state index in [1.54, 1.807) is 0 Å². The van der Waals surface area contributed by atoms with Crippen molar-refractivity contribution < 1.29 is 0 Å². The molecule has 1 N–H and O–H groups in total. The second-order valence-corrected chi connectivity index (χ2v) is 7.61. The van der Waals surface area contributed by atoms with E-state index in [1.807, 2.05) is 0 Å². The molecule has 1 saturated heterocycles. The second-order valence-electron chi connectivity index (χ2n) is 5.93. The molecule has 1 aromatic carbocycles. The lowest BCUT2D eigenvalue weighted by Gasteiger charge is -2.26. The summed E-state index contributed by atoms with van der Waals surface area (Å²) in [6.07, 6.45) is 2.73. The van der Waals surface area contributed by atoms with Crippen LogP contribution >= 0.6 is 11.8 Å². The largest absolute Gasteiger partial charge is 0.309 e. The molecular weight excluding hydrogens is 238 g/mol. The zero-order valence-corrected chi connectivity index (χ0v) is 12.9. The number of hydrogen-bond donors (Lipinski definition) is 1. The Morgan fingerprint density at radius 3 is 2.50 bits per heavy atom. The van der Waals surface area contributed by atoms with Crippen molar-refractivity contribution in [1.82, 2.24) is 5.32 Å². The number of aryl methyl sites for hydroxylation is 2. The first-order valence-corrected chi connectivity index (χ1v) is 7.93. The molecule has 1 aromatic rings. The molecule has 1 fully saturated rings. The summed E-state index contributed by atoms with van der Waals surface area (Å²) in [6, 6.07) is 7.29. The van der Waals surface area contributed by atoms with Gasteiger partial charge >= 0.3 is 0 Å². The molecule has 1 aliphatic heterocycles. The summed E-state index contributed by atoms with van der Waals surface area (Å²) in [5.41, 5.74) is 4.14. The lowest BCUT2D eigenvalue weighted by atomic mass is 10.0. The fourth-order valence-corrected chi connectivity index (χ4v) is 3.98. The molecule has 0 spiro atoms. The van der Waals surface area contributed by atoms with Crippen LogP contribution in [0, 0.1) is 13.8 Å². The maximum absolute atomic E-state index is 3.71. The van der Waals surface area contributed by atoms with Gasteiger partial charge in [0.15, 0.2) is 0 Å². The minimum Gasteiger partial charge on any atom is -0.309 e. The summed E-state index contributed by atoms with van der Waals surface area (Å²) in [4.78, 5) is 0. The molecule has 100 valence electrons. The van der Waals surface area contributed by atoms with Gasteiger partial charge in [-0.25, -0.2) is 0 Å². The van der Waals surface area contributed by atoms with E-state index in [4.69, 9.17) is 0 Å². The van der Waals surface area contributed by atoms with Crippen molar-refractivity contribution in [3.63, 3.8) is 0 Å². The van der Waals surface area contributed by atoms with E-state index in [1.165, 1.54) is 35.3 Å². The highest BCUT2D eigenvalue weighted by Gasteiger charge is 2.29. The molecule has 0 bridgehead atoms. The van der Waals surface area contributed by atoms with Gasteiger partial charge < -0.3 is 5.32 Å². The van der Waals surface area contributed by atoms with E-state index in [-0.39, 0.29) is 0 Å². The highest BCUT2D eigenvalue weighted by atomic mass is 32.2. The Kier molecular flexibility index (Phi) is 4.39. The molecule has 0 saturated carbocycles. The standard InChI is InChI=1S/C16H25NS/c1-12-8-13(2)10-15(9-12)14(3)17-11-16(4)6-5-7-18-16/h8-10,14,17H,5-7,11H2,1-4H3. The van der Waals surface area contributed by atoms with Crippen LogP contribution in [0.1, 0.15) is 49.4 Å². The smallest absolute Gasteiger partial charge is 0.0292 e. The van der Waals surface area contributed by atoms with Crippen LogP contribution in [0.25, 0.3) is 0 Å². The Labute approximate surface area is 116 Å². The maximum atomic E-state index is 3.71. The summed E-state index contributed by atoms with van der Waals surface area (Å²) in [7, 11) is 0. The minimum absolute atomic E-state index is 0.446. The van der Waals surface area contributed by atoms with Crippen molar-refractivity contribution >= 4 is 11.8 Å². The van der Waals surface area contributed by atoms with Crippen LogP contribution in [0.2, 0.25) is 0 Å². The SMILES string of the molecule is Cc1cc(C)cc(C(C)NCC2(C)CCCS2)c1. The van der Waals surface area contributed by atoms with Gasteiger partial charge in [-0.2, -0.15) is 11.8 Å². The van der Waals surface area contributed by atoms with E-state index in [2.05, 4.69) is 63.0 Å². The minimum atomic E-state index is 0.446. The molecule has 1 heterocycles.